The standard InChI is InChI=1S/C56H82Cl2/c1-10-11-36-55(41-24-17-16-18-25-41,50-47-38-42(51(2,3)4)28-30-45(47)46-31-29-43(39-48(46)50)52(5,6)7)49-27-21-26-44(49)40-23-22-35-54(9,37-32-40)56(57,58)53(8)33-19-14-12-13-15-20-34-53/h10,16-18,24-25,28-31,38-40,44-50H,1,11-15,19-23,26-27,32-37H2,2-9H3. The van der Waals surface area contributed by atoms with Crippen LogP contribution >= 0.6 is 23.2 Å². The van der Waals surface area contributed by atoms with E-state index in [4.69, 9.17) is 23.2 Å². The van der Waals surface area contributed by atoms with Crippen LogP contribution in [-0.2, 0) is 5.41 Å². The van der Waals surface area contributed by atoms with E-state index in [0.717, 1.165) is 19.3 Å². The highest BCUT2D eigenvalue weighted by molar-refractivity contribution is 6.49. The van der Waals surface area contributed by atoms with Crippen LogP contribution in [0.4, 0.5) is 0 Å². The fourth-order valence-corrected chi connectivity index (χ4v) is 15.2. The summed E-state index contributed by atoms with van der Waals surface area (Å²) in [7, 11) is 0. The Kier molecular flexibility index (Phi) is 13.3. The Labute approximate surface area is 367 Å². The van der Waals surface area contributed by atoms with E-state index >= 15 is 0 Å². The highest BCUT2D eigenvalue weighted by Gasteiger charge is 2.62. The van der Waals surface area contributed by atoms with Gasteiger partial charge in [-0.1, -0.05) is 186 Å². The average Bonchev–Trinajstić information content (AvgIpc) is 3.77. The summed E-state index contributed by atoms with van der Waals surface area (Å²) in [4.78, 5) is 0. The summed E-state index contributed by atoms with van der Waals surface area (Å²) in [5.74, 6) is 4.62. The number of halogens is 2. The third kappa shape index (κ3) is 8.25. The number of allylic oxidation sites excluding steroid dienone is 9. The first-order valence-corrected chi connectivity index (χ1v) is 25.1. The molecule has 320 valence electrons. The molecule has 4 saturated carbocycles. The second-order valence-corrected chi connectivity index (χ2v) is 24.6. The van der Waals surface area contributed by atoms with Crippen molar-refractivity contribution in [3.8, 4) is 0 Å². The van der Waals surface area contributed by atoms with Crippen molar-refractivity contribution in [1.82, 2.24) is 0 Å². The van der Waals surface area contributed by atoms with Gasteiger partial charge in [0.2, 0.25) is 0 Å². The predicted molar refractivity (Wildman–Crippen MR) is 253 cm³/mol. The molecule has 4 fully saturated rings. The number of benzene rings is 1. The first kappa shape index (κ1) is 44.6. The second kappa shape index (κ2) is 17.3. The Morgan fingerprint density at radius 1 is 0.638 bits per heavy atom. The van der Waals surface area contributed by atoms with Crippen molar-refractivity contribution in [3.63, 3.8) is 0 Å². The quantitative estimate of drug-likeness (QED) is 0.132. The van der Waals surface area contributed by atoms with E-state index in [9.17, 15) is 0 Å². The molecule has 0 aliphatic heterocycles. The molecule has 0 N–H and O–H groups in total. The van der Waals surface area contributed by atoms with E-state index in [1.807, 2.05) is 0 Å². The molecular weight excluding hydrogens is 744 g/mol. The third-order valence-electron chi connectivity index (χ3n) is 17.7. The van der Waals surface area contributed by atoms with Gasteiger partial charge in [-0.05, 0) is 133 Å². The monoisotopic (exact) mass is 825 g/mol. The van der Waals surface area contributed by atoms with Crippen molar-refractivity contribution < 1.29 is 0 Å². The highest BCUT2D eigenvalue weighted by atomic mass is 35.5. The van der Waals surface area contributed by atoms with Crippen LogP contribution in [0.25, 0.3) is 0 Å². The van der Waals surface area contributed by atoms with Crippen LogP contribution in [0.1, 0.15) is 177 Å². The van der Waals surface area contributed by atoms with Crippen LogP contribution in [0.3, 0.4) is 0 Å². The van der Waals surface area contributed by atoms with Crippen LogP contribution in [0.5, 0.6) is 0 Å². The molecule has 58 heavy (non-hydrogen) atoms. The summed E-state index contributed by atoms with van der Waals surface area (Å²) in [6.07, 6.45) is 40.9. The Balaban J connectivity index is 1.31. The van der Waals surface area contributed by atoms with Gasteiger partial charge < -0.3 is 0 Å². The van der Waals surface area contributed by atoms with Crippen LogP contribution < -0.4 is 0 Å². The lowest BCUT2D eigenvalue weighted by Gasteiger charge is -2.53. The molecule has 0 radical (unpaired) electrons. The Hall–Kier alpha value is -1.50. The van der Waals surface area contributed by atoms with Gasteiger partial charge in [-0.15, -0.1) is 29.8 Å². The zero-order valence-corrected chi connectivity index (χ0v) is 39.7. The van der Waals surface area contributed by atoms with Crippen molar-refractivity contribution in [2.24, 2.45) is 69.0 Å². The van der Waals surface area contributed by atoms with Gasteiger partial charge in [-0.25, -0.2) is 0 Å². The van der Waals surface area contributed by atoms with E-state index in [1.54, 1.807) is 5.56 Å². The lowest BCUT2D eigenvalue weighted by Crippen LogP contribution is -2.50. The maximum atomic E-state index is 7.91. The first-order chi connectivity index (χ1) is 27.5. The van der Waals surface area contributed by atoms with Crippen LogP contribution in [0, 0.1) is 69.0 Å². The summed E-state index contributed by atoms with van der Waals surface area (Å²) in [6.45, 7) is 23.9. The van der Waals surface area contributed by atoms with Gasteiger partial charge in [-0.2, -0.15) is 0 Å². The van der Waals surface area contributed by atoms with Crippen molar-refractivity contribution in [1.29, 1.82) is 0 Å². The van der Waals surface area contributed by atoms with Crippen molar-refractivity contribution >= 4 is 23.2 Å². The minimum atomic E-state index is -0.711. The summed E-state index contributed by atoms with van der Waals surface area (Å²) < 4.78 is -0.711. The van der Waals surface area contributed by atoms with Gasteiger partial charge in [0, 0.05) is 16.2 Å². The minimum Gasteiger partial charge on any atom is -0.103 e. The molecule has 7 rings (SSSR count). The number of rotatable bonds is 9. The summed E-state index contributed by atoms with van der Waals surface area (Å²) in [5, 5.41) is 0. The van der Waals surface area contributed by atoms with Gasteiger partial charge in [0.1, 0.15) is 4.33 Å². The molecular formula is C56H82Cl2. The summed E-state index contributed by atoms with van der Waals surface area (Å²) in [5.41, 5.74) is 4.83. The minimum absolute atomic E-state index is 0.0324. The third-order valence-corrected chi connectivity index (χ3v) is 19.6. The number of hydrogen-bond donors (Lipinski definition) is 0. The van der Waals surface area contributed by atoms with Crippen molar-refractivity contribution in [2.45, 2.75) is 181 Å². The predicted octanol–water partition coefficient (Wildman–Crippen LogP) is 17.4. The van der Waals surface area contributed by atoms with Gasteiger partial charge in [0.15, 0.2) is 0 Å². The summed E-state index contributed by atoms with van der Waals surface area (Å²) >= 11 is 15.8. The normalized spacial score (nSPS) is 35.6. The lowest BCUT2D eigenvalue weighted by atomic mass is 9.51. The molecule has 0 nitrogen and oxygen atoms in total. The van der Waals surface area contributed by atoms with E-state index in [1.165, 1.54) is 107 Å². The van der Waals surface area contributed by atoms with Crippen LogP contribution in [0.2, 0.25) is 0 Å². The second-order valence-electron chi connectivity index (χ2n) is 23.2. The smallest absolute Gasteiger partial charge is 0.103 e. The molecule has 0 saturated heterocycles. The molecule has 0 amide bonds. The van der Waals surface area contributed by atoms with E-state index in [2.05, 4.69) is 135 Å². The first-order valence-electron chi connectivity index (χ1n) is 24.3. The highest BCUT2D eigenvalue weighted by Crippen LogP contribution is 2.67. The van der Waals surface area contributed by atoms with Crippen LogP contribution in [0.15, 0.2) is 90.6 Å². The van der Waals surface area contributed by atoms with Gasteiger partial charge in [0.05, 0.1) is 0 Å². The largest absolute Gasteiger partial charge is 0.128 e. The number of alkyl halides is 2. The Morgan fingerprint density at radius 2 is 1.17 bits per heavy atom. The van der Waals surface area contributed by atoms with Gasteiger partial charge >= 0.3 is 0 Å². The zero-order chi connectivity index (χ0) is 41.6. The van der Waals surface area contributed by atoms with Crippen molar-refractivity contribution in [3.05, 3.63) is 96.2 Å². The van der Waals surface area contributed by atoms with Crippen LogP contribution in [-0.4, -0.2) is 4.33 Å². The molecule has 2 heteroatoms. The topological polar surface area (TPSA) is 0 Å². The number of hydrogen-bond acceptors (Lipinski definition) is 0. The molecule has 0 aromatic heterocycles. The molecule has 1 aromatic rings. The number of fused-ring (bicyclic) bond motifs is 3. The maximum Gasteiger partial charge on any atom is 0.128 e. The average molecular weight is 826 g/mol. The molecule has 0 heterocycles. The van der Waals surface area contributed by atoms with E-state index in [0.29, 0.717) is 47.3 Å². The molecule has 9 atom stereocenters. The van der Waals surface area contributed by atoms with E-state index < -0.39 is 4.33 Å². The summed E-state index contributed by atoms with van der Waals surface area (Å²) in [6, 6.07) is 12.1. The zero-order valence-electron chi connectivity index (χ0n) is 38.2. The molecule has 6 aliphatic carbocycles. The Bertz CT molecular complexity index is 1630. The van der Waals surface area contributed by atoms with Crippen molar-refractivity contribution in [2.75, 3.05) is 0 Å². The molecule has 6 aliphatic rings. The fraction of sp³-hybridized carbons (Fsp3) is 0.714. The molecule has 0 bridgehead atoms. The van der Waals surface area contributed by atoms with Gasteiger partial charge in [-0.3, -0.25) is 0 Å². The molecule has 9 unspecified atom stereocenters. The Morgan fingerprint density at radius 3 is 1.72 bits per heavy atom. The van der Waals surface area contributed by atoms with Gasteiger partial charge in [0.25, 0.3) is 0 Å². The lowest BCUT2D eigenvalue weighted by molar-refractivity contribution is 0.0557. The van der Waals surface area contributed by atoms with E-state index in [-0.39, 0.29) is 27.1 Å². The SMILES string of the molecule is C=CCCC(c1ccccc1)(C1CCCC1C1CCCC(C)(C(Cl)(Cl)C2(C)CCCCCCCC2)CC1)C1C2C=C(C(C)(C)C)C=CC2C2C=CC(C(C)(C)C)=CC21. The fourth-order valence-electron chi connectivity index (χ4n) is 14.4. The molecule has 1 aromatic carbocycles. The molecule has 0 spiro atoms. The maximum absolute atomic E-state index is 7.91.